The molecule has 2 aromatic rings. The molecule has 0 heterocycles. The number of hydrogen-bond donors (Lipinski definition) is 1. The molecule has 4 heteroatoms. The second-order valence-corrected chi connectivity index (χ2v) is 5.08. The molecule has 0 saturated heterocycles. The average Bonchev–Trinajstić information content (AvgIpc) is 2.57. The lowest BCUT2D eigenvalue weighted by molar-refractivity contribution is 0.104. The van der Waals surface area contributed by atoms with Crippen LogP contribution in [0.4, 0.5) is 10.1 Å². The molecule has 0 spiro atoms. The van der Waals surface area contributed by atoms with Crippen molar-refractivity contribution in [3.05, 3.63) is 72.2 Å². The van der Waals surface area contributed by atoms with Crippen molar-refractivity contribution in [3.8, 4) is 5.75 Å². The maximum atomic E-state index is 12.8. The quantitative estimate of drug-likeness (QED) is 0.431. The number of halogens is 1. The van der Waals surface area contributed by atoms with Gasteiger partial charge in [0.1, 0.15) is 11.6 Å². The SMILES string of the molecule is CCCCOc1ccc(C(=O)/C=C/Nc2ccc(F)cc2)cc1. The van der Waals surface area contributed by atoms with E-state index in [9.17, 15) is 9.18 Å². The van der Waals surface area contributed by atoms with Gasteiger partial charge in [-0.2, -0.15) is 0 Å². The molecule has 0 bridgehead atoms. The van der Waals surface area contributed by atoms with Gasteiger partial charge >= 0.3 is 0 Å². The Hall–Kier alpha value is -2.62. The highest BCUT2D eigenvalue weighted by Crippen LogP contribution is 2.14. The van der Waals surface area contributed by atoms with Crippen molar-refractivity contribution in [2.75, 3.05) is 11.9 Å². The molecule has 0 unspecified atom stereocenters. The summed E-state index contributed by atoms with van der Waals surface area (Å²) in [6.45, 7) is 2.79. The number of rotatable bonds is 8. The maximum Gasteiger partial charge on any atom is 0.187 e. The number of unbranched alkanes of at least 4 members (excludes halogenated alkanes) is 1. The van der Waals surface area contributed by atoms with E-state index in [2.05, 4.69) is 12.2 Å². The summed E-state index contributed by atoms with van der Waals surface area (Å²) < 4.78 is 18.3. The lowest BCUT2D eigenvalue weighted by Gasteiger charge is -2.05. The number of anilines is 1. The molecular formula is C19H20FNO2. The highest BCUT2D eigenvalue weighted by atomic mass is 19.1. The van der Waals surface area contributed by atoms with Crippen molar-refractivity contribution in [2.24, 2.45) is 0 Å². The molecule has 0 amide bonds. The van der Waals surface area contributed by atoms with Crippen LogP contribution in [-0.4, -0.2) is 12.4 Å². The summed E-state index contributed by atoms with van der Waals surface area (Å²) in [6.07, 6.45) is 5.08. The molecule has 1 N–H and O–H groups in total. The van der Waals surface area contributed by atoms with E-state index in [-0.39, 0.29) is 11.6 Å². The Balaban J connectivity index is 1.87. The first-order chi connectivity index (χ1) is 11.2. The van der Waals surface area contributed by atoms with Gasteiger partial charge in [0.25, 0.3) is 0 Å². The zero-order valence-corrected chi connectivity index (χ0v) is 13.1. The van der Waals surface area contributed by atoms with Crippen LogP contribution in [0.2, 0.25) is 0 Å². The minimum Gasteiger partial charge on any atom is -0.494 e. The fraction of sp³-hybridized carbons (Fsp3) is 0.211. The molecular weight excluding hydrogens is 293 g/mol. The van der Waals surface area contributed by atoms with Crippen LogP contribution in [0.25, 0.3) is 0 Å². The third kappa shape index (κ3) is 5.58. The predicted molar refractivity (Wildman–Crippen MR) is 90.3 cm³/mol. The van der Waals surface area contributed by atoms with Crippen LogP contribution in [0.15, 0.2) is 60.8 Å². The third-order valence-corrected chi connectivity index (χ3v) is 3.23. The molecule has 0 aliphatic heterocycles. The Morgan fingerprint density at radius 1 is 1.13 bits per heavy atom. The second-order valence-electron chi connectivity index (χ2n) is 5.08. The van der Waals surface area contributed by atoms with E-state index in [0.29, 0.717) is 12.2 Å². The van der Waals surface area contributed by atoms with Gasteiger partial charge in [-0.3, -0.25) is 4.79 Å². The normalized spacial score (nSPS) is 10.7. The van der Waals surface area contributed by atoms with Gasteiger partial charge in [0, 0.05) is 23.5 Å². The monoisotopic (exact) mass is 313 g/mol. The lowest BCUT2D eigenvalue weighted by Crippen LogP contribution is -1.99. The minimum atomic E-state index is -0.295. The second kappa shape index (κ2) is 8.73. The highest BCUT2D eigenvalue weighted by molar-refractivity contribution is 6.04. The molecule has 2 aromatic carbocycles. The topological polar surface area (TPSA) is 38.3 Å². The van der Waals surface area contributed by atoms with Crippen molar-refractivity contribution in [3.63, 3.8) is 0 Å². The van der Waals surface area contributed by atoms with Gasteiger partial charge in [0.15, 0.2) is 5.78 Å². The Kier molecular flexibility index (Phi) is 6.36. The molecule has 120 valence electrons. The first kappa shape index (κ1) is 16.7. The zero-order chi connectivity index (χ0) is 16.5. The molecule has 0 aromatic heterocycles. The van der Waals surface area contributed by atoms with Crippen LogP contribution < -0.4 is 10.1 Å². The Labute approximate surface area is 135 Å². The number of hydrogen-bond acceptors (Lipinski definition) is 3. The Bertz CT molecular complexity index is 648. The van der Waals surface area contributed by atoms with Crippen molar-refractivity contribution in [2.45, 2.75) is 19.8 Å². The lowest BCUT2D eigenvalue weighted by atomic mass is 10.1. The smallest absolute Gasteiger partial charge is 0.187 e. The molecule has 0 fully saturated rings. The average molecular weight is 313 g/mol. The summed E-state index contributed by atoms with van der Waals surface area (Å²) >= 11 is 0. The molecule has 0 saturated carbocycles. The van der Waals surface area contributed by atoms with Crippen LogP contribution >= 0.6 is 0 Å². The van der Waals surface area contributed by atoms with Crippen LogP contribution in [0, 0.1) is 5.82 Å². The van der Waals surface area contributed by atoms with Gasteiger partial charge in [-0.1, -0.05) is 13.3 Å². The van der Waals surface area contributed by atoms with Gasteiger partial charge in [-0.25, -0.2) is 4.39 Å². The molecule has 0 atom stereocenters. The molecule has 0 radical (unpaired) electrons. The van der Waals surface area contributed by atoms with E-state index in [1.54, 1.807) is 42.6 Å². The Morgan fingerprint density at radius 2 is 1.83 bits per heavy atom. The van der Waals surface area contributed by atoms with E-state index in [1.165, 1.54) is 18.2 Å². The van der Waals surface area contributed by atoms with Crippen molar-refractivity contribution in [1.29, 1.82) is 0 Å². The van der Waals surface area contributed by atoms with Crippen molar-refractivity contribution >= 4 is 11.5 Å². The van der Waals surface area contributed by atoms with E-state index < -0.39 is 0 Å². The van der Waals surface area contributed by atoms with Crippen LogP contribution in [-0.2, 0) is 0 Å². The summed E-state index contributed by atoms with van der Waals surface area (Å²) in [7, 11) is 0. The first-order valence-electron chi connectivity index (χ1n) is 7.65. The van der Waals surface area contributed by atoms with Crippen molar-refractivity contribution in [1.82, 2.24) is 0 Å². The van der Waals surface area contributed by atoms with Gasteiger partial charge < -0.3 is 10.1 Å². The molecule has 23 heavy (non-hydrogen) atoms. The number of benzene rings is 2. The summed E-state index contributed by atoms with van der Waals surface area (Å²) in [4.78, 5) is 12.0. The van der Waals surface area contributed by atoms with Crippen molar-refractivity contribution < 1.29 is 13.9 Å². The zero-order valence-electron chi connectivity index (χ0n) is 13.1. The summed E-state index contributed by atoms with van der Waals surface area (Å²) in [6, 6.07) is 13.0. The fourth-order valence-electron chi connectivity index (χ4n) is 1.91. The summed E-state index contributed by atoms with van der Waals surface area (Å²) in [5.74, 6) is 0.361. The van der Waals surface area contributed by atoms with E-state index in [4.69, 9.17) is 4.74 Å². The summed E-state index contributed by atoms with van der Waals surface area (Å²) in [5, 5.41) is 2.93. The number of carbonyl (C=O) groups is 1. The molecule has 3 nitrogen and oxygen atoms in total. The Morgan fingerprint density at radius 3 is 2.48 bits per heavy atom. The van der Waals surface area contributed by atoms with Gasteiger partial charge in [0.05, 0.1) is 6.61 Å². The largest absolute Gasteiger partial charge is 0.494 e. The number of carbonyl (C=O) groups excluding carboxylic acids is 1. The number of ketones is 1. The van der Waals surface area contributed by atoms with Crippen LogP contribution in [0.1, 0.15) is 30.1 Å². The maximum absolute atomic E-state index is 12.8. The minimum absolute atomic E-state index is 0.111. The van der Waals surface area contributed by atoms with Gasteiger partial charge in [-0.05, 0) is 55.0 Å². The number of allylic oxidation sites excluding steroid dienone is 1. The van der Waals surface area contributed by atoms with E-state index >= 15 is 0 Å². The van der Waals surface area contributed by atoms with Crippen LogP contribution in [0.5, 0.6) is 5.75 Å². The third-order valence-electron chi connectivity index (χ3n) is 3.23. The fourth-order valence-corrected chi connectivity index (χ4v) is 1.91. The first-order valence-corrected chi connectivity index (χ1v) is 7.65. The highest BCUT2D eigenvalue weighted by Gasteiger charge is 2.02. The van der Waals surface area contributed by atoms with Crippen LogP contribution in [0.3, 0.4) is 0 Å². The molecule has 0 aliphatic rings. The molecule has 2 rings (SSSR count). The number of nitrogens with one attached hydrogen (secondary N) is 1. The molecule has 0 aliphatic carbocycles. The summed E-state index contributed by atoms with van der Waals surface area (Å²) in [5.41, 5.74) is 1.31. The van der Waals surface area contributed by atoms with E-state index in [0.717, 1.165) is 24.3 Å². The number of ether oxygens (including phenoxy) is 1. The predicted octanol–water partition coefficient (Wildman–Crippen LogP) is 4.81. The van der Waals surface area contributed by atoms with Gasteiger partial charge in [-0.15, -0.1) is 0 Å². The van der Waals surface area contributed by atoms with Gasteiger partial charge in [0.2, 0.25) is 0 Å². The standard InChI is InChI=1S/C19H20FNO2/c1-2-3-14-23-18-10-4-15(5-11-18)19(22)12-13-21-17-8-6-16(20)7-9-17/h4-13,21H,2-3,14H2,1H3/b13-12+. The van der Waals surface area contributed by atoms with E-state index in [1.807, 2.05) is 0 Å².